The number of hydrogen-bond donors (Lipinski definition) is 1. The Kier molecular flexibility index (Phi) is 3.15. The smallest absolute Gasteiger partial charge is 0.0312 e. The van der Waals surface area contributed by atoms with Crippen LogP contribution in [0.4, 0.5) is 0 Å². The van der Waals surface area contributed by atoms with Crippen molar-refractivity contribution >= 4 is 0 Å². The maximum absolute atomic E-state index is 4.17. The van der Waals surface area contributed by atoms with E-state index in [2.05, 4.69) is 16.4 Å². The lowest BCUT2D eigenvalue weighted by Gasteiger charge is -2.52. The summed E-state index contributed by atoms with van der Waals surface area (Å²) in [6, 6.07) is 4.95. The lowest BCUT2D eigenvalue weighted by molar-refractivity contribution is 0.0221. The van der Waals surface area contributed by atoms with Crippen LogP contribution in [-0.4, -0.2) is 11.0 Å². The minimum absolute atomic E-state index is 0.667. The van der Waals surface area contributed by atoms with Crippen molar-refractivity contribution in [1.29, 1.82) is 0 Å². The molecule has 0 bridgehead atoms. The van der Waals surface area contributed by atoms with Crippen molar-refractivity contribution in [3.63, 3.8) is 0 Å². The zero-order chi connectivity index (χ0) is 11.6. The quantitative estimate of drug-likeness (QED) is 0.862. The van der Waals surface area contributed by atoms with Crippen LogP contribution in [0.2, 0.25) is 0 Å². The van der Waals surface area contributed by atoms with Gasteiger partial charge in [0.2, 0.25) is 0 Å². The maximum Gasteiger partial charge on any atom is 0.0312 e. The fourth-order valence-corrected chi connectivity index (χ4v) is 3.61. The molecule has 1 atom stereocenters. The molecule has 17 heavy (non-hydrogen) atoms. The summed E-state index contributed by atoms with van der Waals surface area (Å²) in [4.78, 5) is 4.17. The third-order valence-electron chi connectivity index (χ3n) is 4.79. The fraction of sp³-hybridized carbons (Fsp3) is 0.667. The zero-order valence-electron chi connectivity index (χ0n) is 10.5. The van der Waals surface area contributed by atoms with Gasteiger partial charge < -0.3 is 5.32 Å². The first-order valence-corrected chi connectivity index (χ1v) is 7.01. The summed E-state index contributed by atoms with van der Waals surface area (Å²) >= 11 is 0. The largest absolute Gasteiger partial charge is 0.309 e. The van der Waals surface area contributed by atoms with Crippen molar-refractivity contribution in [3.05, 3.63) is 30.1 Å². The Morgan fingerprint density at radius 3 is 2.76 bits per heavy atom. The van der Waals surface area contributed by atoms with Crippen molar-refractivity contribution < 1.29 is 0 Å². The molecule has 1 N–H and O–H groups in total. The SMILES string of the molecule is c1cncc(CNC2CCC23CCCCC3)c1. The first kappa shape index (κ1) is 11.2. The van der Waals surface area contributed by atoms with Gasteiger partial charge in [0.1, 0.15) is 0 Å². The molecule has 1 unspecified atom stereocenters. The fourth-order valence-electron chi connectivity index (χ4n) is 3.61. The highest BCUT2D eigenvalue weighted by Gasteiger charge is 2.46. The van der Waals surface area contributed by atoms with Crippen LogP contribution < -0.4 is 5.32 Å². The Hall–Kier alpha value is -0.890. The van der Waals surface area contributed by atoms with Crippen LogP contribution in [0.1, 0.15) is 50.5 Å². The van der Waals surface area contributed by atoms with E-state index in [0.29, 0.717) is 5.41 Å². The monoisotopic (exact) mass is 230 g/mol. The normalized spacial score (nSPS) is 26.7. The Labute approximate surface area is 104 Å². The van der Waals surface area contributed by atoms with Crippen LogP contribution in [0, 0.1) is 5.41 Å². The molecule has 2 saturated carbocycles. The average Bonchev–Trinajstić information content (AvgIpc) is 2.40. The molecular weight excluding hydrogens is 208 g/mol. The summed E-state index contributed by atoms with van der Waals surface area (Å²) in [5, 5.41) is 3.76. The Morgan fingerprint density at radius 1 is 1.24 bits per heavy atom. The van der Waals surface area contributed by atoms with Crippen molar-refractivity contribution in [2.75, 3.05) is 0 Å². The van der Waals surface area contributed by atoms with Crippen LogP contribution >= 0.6 is 0 Å². The number of nitrogens with one attached hydrogen (secondary N) is 1. The van der Waals surface area contributed by atoms with E-state index in [1.165, 1.54) is 50.5 Å². The van der Waals surface area contributed by atoms with E-state index in [1.54, 1.807) is 0 Å². The third kappa shape index (κ3) is 2.23. The minimum atomic E-state index is 0.667. The van der Waals surface area contributed by atoms with Gasteiger partial charge in [-0.3, -0.25) is 4.98 Å². The Morgan fingerprint density at radius 2 is 2.12 bits per heavy atom. The number of rotatable bonds is 3. The van der Waals surface area contributed by atoms with Gasteiger partial charge in [-0.1, -0.05) is 25.3 Å². The average molecular weight is 230 g/mol. The molecule has 1 aromatic rings. The summed E-state index contributed by atoms with van der Waals surface area (Å²) in [5.41, 5.74) is 1.98. The number of hydrogen-bond acceptors (Lipinski definition) is 2. The van der Waals surface area contributed by atoms with Crippen LogP contribution in [0.25, 0.3) is 0 Å². The van der Waals surface area contributed by atoms with Gasteiger partial charge in [0, 0.05) is 25.0 Å². The van der Waals surface area contributed by atoms with Crippen molar-refractivity contribution in [1.82, 2.24) is 10.3 Å². The van der Waals surface area contributed by atoms with Crippen molar-refractivity contribution in [3.8, 4) is 0 Å². The minimum Gasteiger partial charge on any atom is -0.309 e. The number of pyridine rings is 1. The van der Waals surface area contributed by atoms with E-state index in [1.807, 2.05) is 18.5 Å². The van der Waals surface area contributed by atoms with Gasteiger partial charge in [-0.05, 0) is 42.7 Å². The summed E-state index contributed by atoms with van der Waals surface area (Å²) in [7, 11) is 0. The predicted molar refractivity (Wildman–Crippen MR) is 69.6 cm³/mol. The van der Waals surface area contributed by atoms with E-state index < -0.39 is 0 Å². The molecule has 0 aliphatic heterocycles. The van der Waals surface area contributed by atoms with E-state index >= 15 is 0 Å². The topological polar surface area (TPSA) is 24.9 Å². The molecule has 1 heterocycles. The summed E-state index contributed by atoms with van der Waals surface area (Å²) in [6.07, 6.45) is 13.9. The number of nitrogens with zero attached hydrogens (tertiary/aromatic N) is 1. The molecule has 2 aliphatic carbocycles. The molecular formula is C15H22N2. The summed E-state index contributed by atoms with van der Waals surface area (Å²) in [6.45, 7) is 0.986. The van der Waals surface area contributed by atoms with Crippen LogP contribution in [0.15, 0.2) is 24.5 Å². The second-order valence-corrected chi connectivity index (χ2v) is 5.76. The second kappa shape index (κ2) is 4.77. The van der Waals surface area contributed by atoms with Gasteiger partial charge in [-0.15, -0.1) is 0 Å². The molecule has 0 aromatic carbocycles. The van der Waals surface area contributed by atoms with Crippen LogP contribution in [-0.2, 0) is 6.54 Å². The highest BCUT2D eigenvalue weighted by molar-refractivity contribution is 5.09. The Bertz CT molecular complexity index is 354. The summed E-state index contributed by atoms with van der Waals surface area (Å²) in [5.74, 6) is 0. The molecule has 3 rings (SSSR count). The van der Waals surface area contributed by atoms with Gasteiger partial charge in [0.05, 0.1) is 0 Å². The molecule has 2 heteroatoms. The highest BCUT2D eigenvalue weighted by atomic mass is 15.0. The van der Waals surface area contributed by atoms with Crippen LogP contribution in [0.3, 0.4) is 0 Å². The van der Waals surface area contributed by atoms with E-state index in [0.717, 1.165) is 12.6 Å². The van der Waals surface area contributed by atoms with Crippen LogP contribution in [0.5, 0.6) is 0 Å². The predicted octanol–water partition coefficient (Wildman–Crippen LogP) is 3.28. The van der Waals surface area contributed by atoms with E-state index in [4.69, 9.17) is 0 Å². The standard InChI is InChI=1S/C15H22N2/c1-2-7-15(8-3-1)9-6-14(15)17-12-13-5-4-10-16-11-13/h4-5,10-11,14,17H,1-3,6-9,12H2. The van der Waals surface area contributed by atoms with E-state index in [9.17, 15) is 0 Å². The zero-order valence-corrected chi connectivity index (χ0v) is 10.5. The van der Waals surface area contributed by atoms with Gasteiger partial charge in [-0.2, -0.15) is 0 Å². The van der Waals surface area contributed by atoms with Gasteiger partial charge in [0.25, 0.3) is 0 Å². The second-order valence-electron chi connectivity index (χ2n) is 5.76. The molecule has 2 aliphatic rings. The number of aromatic nitrogens is 1. The molecule has 0 radical (unpaired) electrons. The van der Waals surface area contributed by atoms with E-state index in [-0.39, 0.29) is 0 Å². The molecule has 1 spiro atoms. The summed E-state index contributed by atoms with van der Waals surface area (Å²) < 4.78 is 0. The highest BCUT2D eigenvalue weighted by Crippen LogP contribution is 2.51. The molecule has 0 saturated heterocycles. The third-order valence-corrected chi connectivity index (χ3v) is 4.79. The maximum atomic E-state index is 4.17. The molecule has 92 valence electrons. The molecule has 0 amide bonds. The lowest BCUT2D eigenvalue weighted by Crippen LogP contribution is -2.53. The molecule has 2 nitrogen and oxygen atoms in total. The van der Waals surface area contributed by atoms with Crippen molar-refractivity contribution in [2.24, 2.45) is 5.41 Å². The first-order chi connectivity index (χ1) is 8.39. The molecule has 1 aromatic heterocycles. The van der Waals surface area contributed by atoms with Gasteiger partial charge in [-0.25, -0.2) is 0 Å². The van der Waals surface area contributed by atoms with Gasteiger partial charge in [0.15, 0.2) is 0 Å². The lowest BCUT2D eigenvalue weighted by atomic mass is 9.57. The Balaban J connectivity index is 1.56. The molecule has 2 fully saturated rings. The first-order valence-electron chi connectivity index (χ1n) is 7.01. The van der Waals surface area contributed by atoms with Gasteiger partial charge >= 0.3 is 0 Å². The van der Waals surface area contributed by atoms with Crippen molar-refractivity contribution in [2.45, 2.75) is 57.5 Å².